The topological polar surface area (TPSA) is 89.6 Å². The molecule has 0 aromatic carbocycles. The summed E-state index contributed by atoms with van der Waals surface area (Å²) >= 11 is 0. The van der Waals surface area contributed by atoms with Gasteiger partial charge in [-0.15, -0.1) is 0 Å². The Morgan fingerprint density at radius 3 is 1.38 bits per heavy atom. The van der Waals surface area contributed by atoms with Gasteiger partial charge in [0.15, 0.2) is 0 Å². The van der Waals surface area contributed by atoms with Crippen molar-refractivity contribution in [3.8, 4) is 0 Å². The summed E-state index contributed by atoms with van der Waals surface area (Å²) < 4.78 is 21.0. The van der Waals surface area contributed by atoms with Gasteiger partial charge >= 0.3 is 16.5 Å². The van der Waals surface area contributed by atoms with Gasteiger partial charge in [0, 0.05) is 0 Å². The van der Waals surface area contributed by atoms with Gasteiger partial charge in [-0.05, 0) is 0 Å². The normalized spacial score (nSPS) is 15.1. The van der Waals surface area contributed by atoms with Crippen molar-refractivity contribution in [3.05, 3.63) is 0 Å². The molecular weight excluding hydrogens is 192 g/mol. The van der Waals surface area contributed by atoms with Crippen LogP contribution >= 0.6 is 0 Å². The first kappa shape index (κ1) is 12.1. The van der Waals surface area contributed by atoms with Crippen molar-refractivity contribution in [3.63, 3.8) is 0 Å². The third-order valence-electron chi connectivity index (χ3n) is 1.66. The minimum absolute atomic E-state index is 1.20. The first-order chi connectivity index (χ1) is 6.13. The maximum Gasteiger partial charge on any atom is 0.353 e. The van der Waals surface area contributed by atoms with Gasteiger partial charge in [-0.2, -0.15) is 8.42 Å². The SMILES string of the molecule is C1CCCCC1.NC(=O)N=S(=O)=O. The van der Waals surface area contributed by atoms with Crippen LogP contribution < -0.4 is 5.73 Å². The zero-order chi connectivity index (χ0) is 10.1. The molecule has 76 valence electrons. The molecule has 2 N–H and O–H groups in total. The van der Waals surface area contributed by atoms with Crippen LogP contribution in [-0.2, 0) is 10.5 Å². The number of carbonyl (C=O) groups is 1. The number of primary amides is 1. The fraction of sp³-hybridized carbons (Fsp3) is 0.857. The van der Waals surface area contributed by atoms with Gasteiger partial charge in [-0.3, -0.25) is 0 Å². The zero-order valence-corrected chi connectivity index (χ0v) is 8.22. The number of carbonyl (C=O) groups excluding carboxylic acids is 1. The summed E-state index contributed by atoms with van der Waals surface area (Å²) in [7, 11) is -2.70. The molecule has 0 saturated heterocycles. The third kappa shape index (κ3) is 11.1. The van der Waals surface area contributed by atoms with Crippen molar-refractivity contribution < 1.29 is 13.2 Å². The minimum atomic E-state index is -2.70. The molecule has 1 saturated carbocycles. The highest BCUT2D eigenvalue weighted by Gasteiger charge is 1.95. The predicted octanol–water partition coefficient (Wildman–Crippen LogP) is 1.47. The van der Waals surface area contributed by atoms with E-state index in [1.165, 1.54) is 38.5 Å². The predicted molar refractivity (Wildman–Crippen MR) is 48.6 cm³/mol. The Labute approximate surface area is 79.0 Å². The van der Waals surface area contributed by atoms with E-state index in [-0.39, 0.29) is 0 Å². The third-order valence-corrected chi connectivity index (χ3v) is 1.99. The average Bonchev–Trinajstić information content (AvgIpc) is 2.06. The van der Waals surface area contributed by atoms with Gasteiger partial charge in [0.2, 0.25) is 0 Å². The molecule has 1 aliphatic rings. The van der Waals surface area contributed by atoms with Crippen molar-refractivity contribution in [2.75, 3.05) is 0 Å². The smallest absolute Gasteiger partial charge is 0.349 e. The Kier molecular flexibility index (Phi) is 7.18. The molecule has 0 heterocycles. The number of hydrogen-bond acceptors (Lipinski definition) is 3. The summed E-state index contributed by atoms with van der Waals surface area (Å²) in [5, 5.41) is 0. The van der Waals surface area contributed by atoms with E-state index in [2.05, 4.69) is 10.1 Å². The van der Waals surface area contributed by atoms with Gasteiger partial charge in [0.05, 0.1) is 0 Å². The van der Waals surface area contributed by atoms with Crippen LogP contribution in [0.2, 0.25) is 0 Å². The van der Waals surface area contributed by atoms with Crippen LogP contribution in [0.5, 0.6) is 0 Å². The molecule has 13 heavy (non-hydrogen) atoms. The monoisotopic (exact) mass is 206 g/mol. The van der Waals surface area contributed by atoms with Gasteiger partial charge in [0.1, 0.15) is 0 Å². The maximum absolute atomic E-state index is 9.47. The Morgan fingerprint density at radius 2 is 1.31 bits per heavy atom. The lowest BCUT2D eigenvalue weighted by molar-refractivity contribution is 0.257. The van der Waals surface area contributed by atoms with Crippen LogP contribution in [-0.4, -0.2) is 14.4 Å². The molecule has 0 radical (unpaired) electrons. The Balaban J connectivity index is 0.000000223. The van der Waals surface area contributed by atoms with Gasteiger partial charge in [-0.25, -0.2) is 4.79 Å². The molecule has 0 aromatic rings. The molecule has 0 spiro atoms. The number of urea groups is 1. The van der Waals surface area contributed by atoms with Crippen molar-refractivity contribution in [2.24, 2.45) is 10.1 Å². The molecule has 1 fully saturated rings. The maximum atomic E-state index is 9.47. The molecule has 1 rings (SSSR count). The van der Waals surface area contributed by atoms with Gasteiger partial charge < -0.3 is 5.73 Å². The van der Waals surface area contributed by atoms with Crippen molar-refractivity contribution in [1.29, 1.82) is 0 Å². The lowest BCUT2D eigenvalue weighted by Crippen LogP contribution is -2.02. The van der Waals surface area contributed by atoms with E-state index in [1.54, 1.807) is 0 Å². The highest BCUT2D eigenvalue weighted by molar-refractivity contribution is 7.62. The van der Waals surface area contributed by atoms with Crippen LogP contribution in [0, 0.1) is 0 Å². The fourth-order valence-corrected chi connectivity index (χ4v) is 1.28. The second-order valence-corrected chi connectivity index (χ2v) is 3.38. The second-order valence-electron chi connectivity index (χ2n) is 2.77. The molecule has 0 unspecified atom stereocenters. The number of amides is 2. The number of nitrogens with zero attached hydrogens (tertiary/aromatic N) is 1. The van der Waals surface area contributed by atoms with Crippen molar-refractivity contribution >= 4 is 16.5 Å². The minimum Gasteiger partial charge on any atom is -0.349 e. The zero-order valence-electron chi connectivity index (χ0n) is 7.40. The Hall–Kier alpha value is -0.910. The van der Waals surface area contributed by atoms with Crippen LogP contribution in [0.1, 0.15) is 38.5 Å². The van der Waals surface area contributed by atoms with E-state index in [0.717, 1.165) is 0 Å². The fourth-order valence-electron chi connectivity index (χ4n) is 1.13. The number of hydrogen-bond donors (Lipinski definition) is 1. The molecule has 0 aliphatic heterocycles. The standard InChI is InChI=1S/C6H12.CH2N2O3S/c1-2-4-6-5-3-1;2-1(4)3-7(5)6/h1-6H2;(H2,2,4). The molecule has 0 atom stereocenters. The van der Waals surface area contributed by atoms with Crippen molar-refractivity contribution in [2.45, 2.75) is 38.5 Å². The van der Waals surface area contributed by atoms with Crippen LogP contribution in [0.4, 0.5) is 4.79 Å². The molecule has 6 heteroatoms. The molecular formula is C7H14N2O3S. The van der Waals surface area contributed by atoms with Gasteiger partial charge in [0.25, 0.3) is 0 Å². The number of rotatable bonds is 0. The van der Waals surface area contributed by atoms with E-state index in [0.29, 0.717) is 0 Å². The quantitative estimate of drug-likeness (QED) is 0.650. The van der Waals surface area contributed by atoms with E-state index in [1.807, 2.05) is 0 Å². The summed E-state index contributed by atoms with van der Waals surface area (Å²) in [6, 6.07) is -1.20. The van der Waals surface area contributed by atoms with Gasteiger partial charge in [-0.1, -0.05) is 42.9 Å². The summed E-state index contributed by atoms with van der Waals surface area (Å²) in [5.41, 5.74) is 4.29. The highest BCUT2D eigenvalue weighted by atomic mass is 32.2. The second kappa shape index (κ2) is 7.72. The molecule has 1 aliphatic carbocycles. The molecule has 0 bridgehead atoms. The summed E-state index contributed by atoms with van der Waals surface area (Å²) in [5.74, 6) is 0. The average molecular weight is 206 g/mol. The molecule has 2 amide bonds. The lowest BCUT2D eigenvalue weighted by Gasteiger charge is -2.05. The first-order valence-electron chi connectivity index (χ1n) is 4.23. The van der Waals surface area contributed by atoms with E-state index in [9.17, 15) is 13.2 Å². The Bertz CT molecular complexity index is 248. The summed E-state index contributed by atoms with van der Waals surface area (Å²) in [6.07, 6.45) is 9.00. The molecule has 0 aromatic heterocycles. The Morgan fingerprint density at radius 1 is 1.00 bits per heavy atom. The van der Waals surface area contributed by atoms with E-state index >= 15 is 0 Å². The summed E-state index contributed by atoms with van der Waals surface area (Å²) in [6.45, 7) is 0. The van der Waals surface area contributed by atoms with Crippen LogP contribution in [0.15, 0.2) is 4.36 Å². The van der Waals surface area contributed by atoms with Crippen LogP contribution in [0.3, 0.4) is 0 Å². The van der Waals surface area contributed by atoms with E-state index < -0.39 is 16.5 Å². The van der Waals surface area contributed by atoms with Crippen LogP contribution in [0.25, 0.3) is 0 Å². The lowest BCUT2D eigenvalue weighted by atomic mass is 10.0. The van der Waals surface area contributed by atoms with Crippen molar-refractivity contribution in [1.82, 2.24) is 0 Å². The first-order valence-corrected chi connectivity index (χ1v) is 5.26. The largest absolute Gasteiger partial charge is 0.353 e. The van der Waals surface area contributed by atoms with E-state index in [4.69, 9.17) is 0 Å². The highest BCUT2D eigenvalue weighted by Crippen LogP contribution is 2.15. The molecule has 5 nitrogen and oxygen atoms in total. The number of nitrogens with two attached hydrogens (primary N) is 1. The summed E-state index contributed by atoms with van der Waals surface area (Å²) in [4.78, 5) is 9.47.